The molecule has 0 aliphatic rings. The van der Waals surface area contributed by atoms with Crippen LogP contribution in [-0.2, 0) is 0 Å². The second-order valence-corrected chi connectivity index (χ2v) is 3.65. The monoisotopic (exact) mass is 257 g/mol. The van der Waals surface area contributed by atoms with Gasteiger partial charge in [0.2, 0.25) is 5.69 Å². The summed E-state index contributed by atoms with van der Waals surface area (Å²) in [5, 5.41) is 16.5. The second-order valence-electron chi connectivity index (χ2n) is 2.89. The molecule has 2 rings (SSSR count). The van der Waals surface area contributed by atoms with Crippen LogP contribution in [-0.4, -0.2) is 26.1 Å². The number of carbonyl (C=O) groups is 1. The lowest BCUT2D eigenvalue weighted by atomic mass is 10.3. The third kappa shape index (κ3) is 1.87. The number of rotatable bonds is 2. The van der Waals surface area contributed by atoms with E-state index in [9.17, 15) is 4.79 Å². The normalized spacial score (nSPS) is 10.4. The molecule has 1 N–H and O–H groups in total. The molecule has 0 aliphatic carbocycles. The summed E-state index contributed by atoms with van der Waals surface area (Å²) in [6, 6.07) is 6.78. The summed E-state index contributed by atoms with van der Waals surface area (Å²) in [6.45, 7) is 0. The van der Waals surface area contributed by atoms with Gasteiger partial charge >= 0.3 is 5.97 Å². The zero-order valence-electron chi connectivity index (χ0n) is 7.76. The summed E-state index contributed by atoms with van der Waals surface area (Å²) in [4.78, 5) is 11.8. The van der Waals surface area contributed by atoms with Crippen LogP contribution in [0.25, 0.3) is 5.69 Å². The molecule has 0 amide bonds. The van der Waals surface area contributed by atoms with Crippen molar-refractivity contribution in [1.82, 2.24) is 15.0 Å². The molecular formula is C9H5Cl2N3O2. The maximum atomic E-state index is 10.7. The SMILES string of the molecule is O=C(O)c1nn(-c2ccccc2Cl)nc1Cl. The molecule has 1 aromatic heterocycles. The van der Waals surface area contributed by atoms with E-state index in [4.69, 9.17) is 28.3 Å². The first-order valence-corrected chi connectivity index (χ1v) is 4.96. The molecule has 0 spiro atoms. The Balaban J connectivity index is 2.54. The molecule has 5 nitrogen and oxygen atoms in total. The van der Waals surface area contributed by atoms with Gasteiger partial charge in [-0.3, -0.25) is 0 Å². The number of aromatic carboxylic acids is 1. The standard InChI is InChI=1S/C9H5Cl2N3O2/c10-5-3-1-2-4-6(5)14-12-7(9(15)16)8(11)13-14/h1-4H,(H,15,16). The van der Waals surface area contributed by atoms with Crippen LogP contribution in [0.5, 0.6) is 0 Å². The number of para-hydroxylation sites is 1. The van der Waals surface area contributed by atoms with E-state index in [1.165, 1.54) is 0 Å². The van der Waals surface area contributed by atoms with E-state index in [0.717, 1.165) is 4.80 Å². The van der Waals surface area contributed by atoms with Crippen LogP contribution in [0.1, 0.15) is 10.5 Å². The van der Waals surface area contributed by atoms with Crippen molar-refractivity contribution in [3.05, 3.63) is 40.1 Å². The van der Waals surface area contributed by atoms with Crippen molar-refractivity contribution in [1.29, 1.82) is 0 Å². The van der Waals surface area contributed by atoms with Crippen LogP contribution in [0, 0.1) is 0 Å². The Morgan fingerprint density at radius 2 is 1.94 bits per heavy atom. The Hall–Kier alpha value is -1.59. The van der Waals surface area contributed by atoms with Gasteiger partial charge in [0.05, 0.1) is 5.02 Å². The average molecular weight is 258 g/mol. The molecule has 0 radical (unpaired) electrons. The lowest BCUT2D eigenvalue weighted by molar-refractivity contribution is 0.0690. The average Bonchev–Trinajstić information content (AvgIpc) is 2.61. The van der Waals surface area contributed by atoms with Gasteiger partial charge in [-0.15, -0.1) is 15.0 Å². The highest BCUT2D eigenvalue weighted by Crippen LogP contribution is 2.20. The minimum Gasteiger partial charge on any atom is -0.476 e. The summed E-state index contributed by atoms with van der Waals surface area (Å²) in [5.41, 5.74) is 0.167. The van der Waals surface area contributed by atoms with Gasteiger partial charge < -0.3 is 5.11 Å². The van der Waals surface area contributed by atoms with Crippen molar-refractivity contribution in [3.63, 3.8) is 0 Å². The first kappa shape index (κ1) is 10.9. The molecule has 82 valence electrons. The van der Waals surface area contributed by atoms with Crippen LogP contribution in [0.15, 0.2) is 24.3 Å². The first-order valence-electron chi connectivity index (χ1n) is 4.20. The van der Waals surface area contributed by atoms with Gasteiger partial charge in [0, 0.05) is 0 Å². The number of hydrogen-bond acceptors (Lipinski definition) is 3. The molecular weight excluding hydrogens is 253 g/mol. The number of hydrogen-bond donors (Lipinski definition) is 1. The number of nitrogens with zero attached hydrogens (tertiary/aromatic N) is 3. The van der Waals surface area contributed by atoms with Gasteiger partial charge in [0.15, 0.2) is 5.15 Å². The number of halogens is 2. The van der Waals surface area contributed by atoms with E-state index in [0.29, 0.717) is 10.7 Å². The van der Waals surface area contributed by atoms with Crippen LogP contribution < -0.4 is 0 Å². The van der Waals surface area contributed by atoms with E-state index >= 15 is 0 Å². The molecule has 16 heavy (non-hydrogen) atoms. The van der Waals surface area contributed by atoms with Crippen LogP contribution in [0.4, 0.5) is 0 Å². The van der Waals surface area contributed by atoms with E-state index in [-0.39, 0.29) is 10.8 Å². The zero-order chi connectivity index (χ0) is 11.7. The van der Waals surface area contributed by atoms with Gasteiger partial charge in [0.1, 0.15) is 5.69 Å². The molecule has 1 heterocycles. The van der Waals surface area contributed by atoms with Gasteiger partial charge in [-0.05, 0) is 12.1 Å². The van der Waals surface area contributed by atoms with Gasteiger partial charge in [-0.2, -0.15) is 0 Å². The Morgan fingerprint density at radius 3 is 2.50 bits per heavy atom. The summed E-state index contributed by atoms with van der Waals surface area (Å²) >= 11 is 11.5. The maximum absolute atomic E-state index is 10.7. The summed E-state index contributed by atoms with van der Waals surface area (Å²) in [5.74, 6) is -1.23. The fourth-order valence-corrected chi connectivity index (χ4v) is 1.54. The van der Waals surface area contributed by atoms with Crippen molar-refractivity contribution in [2.24, 2.45) is 0 Å². The lowest BCUT2D eigenvalue weighted by Gasteiger charge is -2.00. The summed E-state index contributed by atoms with van der Waals surface area (Å²) in [6.07, 6.45) is 0. The molecule has 0 bridgehead atoms. The molecule has 2 aromatic rings. The van der Waals surface area contributed by atoms with E-state index in [1.807, 2.05) is 0 Å². The smallest absolute Gasteiger partial charge is 0.359 e. The highest BCUT2D eigenvalue weighted by Gasteiger charge is 2.17. The molecule has 0 fully saturated rings. The van der Waals surface area contributed by atoms with E-state index in [2.05, 4.69) is 10.2 Å². The quantitative estimate of drug-likeness (QED) is 0.897. The fraction of sp³-hybridized carbons (Fsp3) is 0. The number of aromatic nitrogens is 3. The molecule has 0 saturated carbocycles. The Labute approximate surface area is 100 Å². The van der Waals surface area contributed by atoms with Crippen molar-refractivity contribution in [2.45, 2.75) is 0 Å². The maximum Gasteiger partial charge on any atom is 0.359 e. The van der Waals surface area contributed by atoms with Crippen molar-refractivity contribution < 1.29 is 9.90 Å². The number of carboxylic acid groups (broad SMARTS) is 1. The van der Waals surface area contributed by atoms with Crippen molar-refractivity contribution >= 4 is 29.2 Å². The largest absolute Gasteiger partial charge is 0.476 e. The number of carboxylic acids is 1. The van der Waals surface area contributed by atoms with Crippen LogP contribution >= 0.6 is 23.2 Å². The summed E-state index contributed by atoms with van der Waals surface area (Å²) < 4.78 is 0. The van der Waals surface area contributed by atoms with E-state index < -0.39 is 5.97 Å². The van der Waals surface area contributed by atoms with Crippen LogP contribution in [0.3, 0.4) is 0 Å². The van der Waals surface area contributed by atoms with Crippen molar-refractivity contribution in [2.75, 3.05) is 0 Å². The van der Waals surface area contributed by atoms with E-state index in [1.54, 1.807) is 24.3 Å². The molecule has 0 atom stereocenters. The molecule has 0 unspecified atom stereocenters. The minimum absolute atomic E-state index is 0.174. The molecule has 1 aromatic carbocycles. The van der Waals surface area contributed by atoms with Gasteiger partial charge in [-0.1, -0.05) is 35.3 Å². The topological polar surface area (TPSA) is 68.0 Å². The molecule has 7 heteroatoms. The minimum atomic E-state index is -1.23. The Kier molecular flexibility index (Phi) is 2.80. The van der Waals surface area contributed by atoms with Gasteiger partial charge in [-0.25, -0.2) is 4.79 Å². The predicted octanol–water partition coefficient (Wildman–Crippen LogP) is 2.27. The number of benzene rings is 1. The van der Waals surface area contributed by atoms with Gasteiger partial charge in [0.25, 0.3) is 0 Å². The second kappa shape index (κ2) is 4.11. The Morgan fingerprint density at radius 1 is 1.25 bits per heavy atom. The third-order valence-corrected chi connectivity index (χ3v) is 2.42. The summed E-state index contributed by atoms with van der Waals surface area (Å²) in [7, 11) is 0. The Bertz CT molecular complexity index is 553. The first-order chi connectivity index (χ1) is 7.59. The predicted molar refractivity (Wildman–Crippen MR) is 58.3 cm³/mol. The highest BCUT2D eigenvalue weighted by atomic mass is 35.5. The third-order valence-electron chi connectivity index (χ3n) is 1.84. The molecule has 0 aliphatic heterocycles. The fourth-order valence-electron chi connectivity index (χ4n) is 1.14. The lowest BCUT2D eigenvalue weighted by Crippen LogP contribution is -2.02. The highest BCUT2D eigenvalue weighted by molar-refractivity contribution is 6.32. The van der Waals surface area contributed by atoms with Crippen LogP contribution in [0.2, 0.25) is 10.2 Å². The van der Waals surface area contributed by atoms with Crippen molar-refractivity contribution in [3.8, 4) is 5.69 Å². The molecule has 0 saturated heterocycles. The zero-order valence-corrected chi connectivity index (χ0v) is 9.27.